The van der Waals surface area contributed by atoms with Gasteiger partial charge < -0.3 is 5.32 Å². The number of alkyl halides is 3. The van der Waals surface area contributed by atoms with Gasteiger partial charge in [0, 0.05) is 37.7 Å². The number of rotatable bonds is 6. The summed E-state index contributed by atoms with van der Waals surface area (Å²) in [6.07, 6.45) is -4.62. The van der Waals surface area contributed by atoms with Crippen molar-refractivity contribution >= 4 is 27.5 Å². The molecule has 2 aromatic rings. The number of benzene rings is 2. The first kappa shape index (κ1) is 23.5. The first-order valence-corrected chi connectivity index (χ1v) is 11.3. The van der Waals surface area contributed by atoms with Crippen molar-refractivity contribution in [2.24, 2.45) is 0 Å². The number of sulfonamides is 1. The van der Waals surface area contributed by atoms with Crippen molar-refractivity contribution in [1.29, 1.82) is 0 Å². The number of hydrogen-bond donors (Lipinski definition) is 1. The van der Waals surface area contributed by atoms with Crippen LogP contribution in [0.5, 0.6) is 0 Å². The third kappa shape index (κ3) is 6.19. The smallest absolute Gasteiger partial charge is 0.351 e. The summed E-state index contributed by atoms with van der Waals surface area (Å²) >= 11 is 5.82. The first-order chi connectivity index (χ1) is 14.6. The molecule has 0 spiro atoms. The Morgan fingerprint density at radius 1 is 1.03 bits per heavy atom. The Balaban J connectivity index is 1.53. The van der Waals surface area contributed by atoms with E-state index in [2.05, 4.69) is 5.32 Å². The lowest BCUT2D eigenvalue weighted by Gasteiger charge is -2.33. The second-order valence-corrected chi connectivity index (χ2v) is 9.48. The molecular formula is C20H21ClF3N3O3S. The van der Waals surface area contributed by atoms with Crippen LogP contribution < -0.4 is 5.32 Å². The summed E-state index contributed by atoms with van der Waals surface area (Å²) in [5.41, 5.74) is -0.112. The van der Waals surface area contributed by atoms with E-state index in [-0.39, 0.29) is 25.5 Å². The molecular weight excluding hydrogens is 455 g/mol. The Hall–Kier alpha value is -2.14. The van der Waals surface area contributed by atoms with Gasteiger partial charge in [-0.3, -0.25) is 9.69 Å². The molecule has 0 unspecified atom stereocenters. The van der Waals surface area contributed by atoms with Gasteiger partial charge in [-0.2, -0.15) is 17.5 Å². The number of carbonyl (C=O) groups excluding carboxylic acids is 1. The lowest BCUT2D eigenvalue weighted by molar-refractivity contribution is -0.137. The molecule has 0 aliphatic carbocycles. The van der Waals surface area contributed by atoms with Crippen molar-refractivity contribution in [3.63, 3.8) is 0 Å². The fourth-order valence-electron chi connectivity index (χ4n) is 3.17. The van der Waals surface area contributed by atoms with Crippen LogP contribution in [0.25, 0.3) is 0 Å². The Kier molecular flexibility index (Phi) is 7.25. The topological polar surface area (TPSA) is 69.7 Å². The highest BCUT2D eigenvalue weighted by molar-refractivity contribution is 7.89. The van der Waals surface area contributed by atoms with Crippen LogP contribution in [-0.2, 0) is 27.5 Å². The minimum atomic E-state index is -4.62. The number of hydrogen-bond acceptors (Lipinski definition) is 4. The quantitative estimate of drug-likeness (QED) is 0.697. The van der Waals surface area contributed by atoms with Crippen LogP contribution in [0, 0.1) is 0 Å². The van der Waals surface area contributed by atoms with E-state index in [1.54, 1.807) is 29.2 Å². The van der Waals surface area contributed by atoms with Crippen molar-refractivity contribution in [1.82, 2.24) is 14.5 Å². The number of piperazine rings is 1. The van der Waals surface area contributed by atoms with Crippen molar-refractivity contribution < 1.29 is 26.4 Å². The maximum Gasteiger partial charge on any atom is 0.416 e. The Labute approximate surface area is 183 Å². The zero-order valence-electron chi connectivity index (χ0n) is 16.4. The fraction of sp³-hybridized carbons (Fsp3) is 0.350. The van der Waals surface area contributed by atoms with E-state index < -0.39 is 26.7 Å². The van der Waals surface area contributed by atoms with E-state index in [1.165, 1.54) is 0 Å². The van der Waals surface area contributed by atoms with Crippen LogP contribution in [0.2, 0.25) is 5.02 Å². The van der Waals surface area contributed by atoms with Crippen LogP contribution in [0.1, 0.15) is 11.1 Å². The molecule has 1 aliphatic heterocycles. The average Bonchev–Trinajstić information content (AvgIpc) is 2.73. The lowest BCUT2D eigenvalue weighted by atomic mass is 10.2. The maximum absolute atomic E-state index is 12.9. The normalized spacial score (nSPS) is 16.3. The molecule has 2 aromatic carbocycles. The van der Waals surface area contributed by atoms with Crippen molar-refractivity contribution in [3.8, 4) is 0 Å². The zero-order valence-corrected chi connectivity index (χ0v) is 18.0. The second-order valence-electron chi connectivity index (χ2n) is 7.11. The molecule has 168 valence electrons. The van der Waals surface area contributed by atoms with Gasteiger partial charge in [-0.1, -0.05) is 29.8 Å². The zero-order chi connectivity index (χ0) is 22.6. The molecule has 6 nitrogen and oxygen atoms in total. The predicted octanol–water partition coefficient (Wildman–Crippen LogP) is 2.98. The summed E-state index contributed by atoms with van der Waals surface area (Å²) in [7, 11) is -4.05. The van der Waals surface area contributed by atoms with E-state index >= 15 is 0 Å². The van der Waals surface area contributed by atoms with Crippen LogP contribution in [-0.4, -0.2) is 56.3 Å². The molecule has 1 aliphatic rings. The highest BCUT2D eigenvalue weighted by Crippen LogP contribution is 2.31. The van der Waals surface area contributed by atoms with E-state index in [0.29, 0.717) is 30.7 Å². The molecule has 1 heterocycles. The highest BCUT2D eigenvalue weighted by Gasteiger charge is 2.34. The van der Waals surface area contributed by atoms with Gasteiger partial charge in [0.2, 0.25) is 15.9 Å². The largest absolute Gasteiger partial charge is 0.416 e. The van der Waals surface area contributed by atoms with Gasteiger partial charge in [0.1, 0.15) is 0 Å². The summed E-state index contributed by atoms with van der Waals surface area (Å²) in [6, 6.07) is 10.8. The minimum Gasteiger partial charge on any atom is -0.351 e. The van der Waals surface area contributed by atoms with Crippen molar-refractivity contribution in [2.45, 2.75) is 17.6 Å². The Bertz CT molecular complexity index is 1020. The van der Waals surface area contributed by atoms with Gasteiger partial charge in [-0.25, -0.2) is 8.42 Å². The van der Waals surface area contributed by atoms with Gasteiger partial charge >= 0.3 is 6.18 Å². The van der Waals surface area contributed by atoms with Gasteiger partial charge in [0.25, 0.3) is 0 Å². The van der Waals surface area contributed by atoms with Crippen LogP contribution in [0.3, 0.4) is 0 Å². The van der Waals surface area contributed by atoms with E-state index in [0.717, 1.165) is 28.1 Å². The SMILES string of the molecule is O=C(CN1CCN(S(=O)(=O)c2cccc(C(F)(F)F)c2)CC1)NCc1ccc(Cl)cc1. The molecule has 1 fully saturated rings. The third-order valence-corrected chi connectivity index (χ3v) is 7.05. The summed E-state index contributed by atoms with van der Waals surface area (Å²) in [5, 5.41) is 3.40. The summed E-state index contributed by atoms with van der Waals surface area (Å²) in [4.78, 5) is 13.6. The minimum absolute atomic E-state index is 0.0864. The van der Waals surface area contributed by atoms with Gasteiger partial charge in [-0.15, -0.1) is 0 Å². The number of halogens is 4. The number of nitrogens with one attached hydrogen (secondary N) is 1. The van der Waals surface area contributed by atoms with Gasteiger partial charge in [0.05, 0.1) is 17.0 Å². The molecule has 1 N–H and O–H groups in total. The molecule has 3 rings (SSSR count). The molecule has 0 saturated carbocycles. The molecule has 0 aromatic heterocycles. The van der Waals surface area contributed by atoms with E-state index in [9.17, 15) is 26.4 Å². The highest BCUT2D eigenvalue weighted by atomic mass is 35.5. The van der Waals surface area contributed by atoms with Crippen LogP contribution >= 0.6 is 11.6 Å². The van der Waals surface area contributed by atoms with Crippen molar-refractivity contribution in [2.75, 3.05) is 32.7 Å². The van der Waals surface area contributed by atoms with Crippen LogP contribution in [0.15, 0.2) is 53.4 Å². The first-order valence-electron chi connectivity index (χ1n) is 9.46. The van der Waals surface area contributed by atoms with E-state index in [4.69, 9.17) is 11.6 Å². The molecule has 11 heteroatoms. The molecule has 0 radical (unpaired) electrons. The third-order valence-electron chi connectivity index (χ3n) is 4.90. The van der Waals surface area contributed by atoms with Gasteiger partial charge in [-0.05, 0) is 35.9 Å². The summed E-state index contributed by atoms with van der Waals surface area (Å²) in [6.45, 7) is 1.22. The molecule has 0 bridgehead atoms. The van der Waals surface area contributed by atoms with E-state index in [1.807, 2.05) is 0 Å². The molecule has 1 amide bonds. The monoisotopic (exact) mass is 475 g/mol. The average molecular weight is 476 g/mol. The maximum atomic E-state index is 12.9. The predicted molar refractivity (Wildman–Crippen MR) is 110 cm³/mol. The lowest BCUT2D eigenvalue weighted by Crippen LogP contribution is -2.51. The Morgan fingerprint density at radius 2 is 1.68 bits per heavy atom. The van der Waals surface area contributed by atoms with Crippen LogP contribution in [0.4, 0.5) is 13.2 Å². The number of carbonyl (C=O) groups is 1. The fourth-order valence-corrected chi connectivity index (χ4v) is 4.77. The molecule has 0 atom stereocenters. The molecule has 1 saturated heterocycles. The number of amides is 1. The summed E-state index contributed by atoms with van der Waals surface area (Å²) in [5.74, 6) is -0.205. The van der Waals surface area contributed by atoms with Crippen molar-refractivity contribution in [3.05, 3.63) is 64.7 Å². The Morgan fingerprint density at radius 3 is 2.29 bits per heavy atom. The summed E-state index contributed by atoms with van der Waals surface area (Å²) < 4.78 is 65.3. The second kappa shape index (κ2) is 9.56. The number of nitrogens with zero attached hydrogens (tertiary/aromatic N) is 2. The van der Waals surface area contributed by atoms with Gasteiger partial charge in [0.15, 0.2) is 0 Å². The molecule has 31 heavy (non-hydrogen) atoms. The standard InChI is InChI=1S/C20H21ClF3N3O3S/c21-17-6-4-15(5-7-17)13-25-19(28)14-26-8-10-27(11-9-26)31(29,30)18-3-1-2-16(12-18)20(22,23)24/h1-7,12H,8-11,13-14H2,(H,25,28).